The Bertz CT molecular complexity index is 546. The minimum atomic E-state index is 0.617. The Morgan fingerprint density at radius 3 is 2.85 bits per heavy atom. The molecule has 2 heterocycles. The van der Waals surface area contributed by atoms with Gasteiger partial charge in [0, 0.05) is 18.8 Å². The predicted molar refractivity (Wildman–Crippen MR) is 83.2 cm³/mol. The third kappa shape index (κ3) is 3.93. The summed E-state index contributed by atoms with van der Waals surface area (Å²) in [4.78, 5) is 6.81. The lowest BCUT2D eigenvalue weighted by Crippen LogP contribution is -2.27. The molecule has 5 heteroatoms. The van der Waals surface area contributed by atoms with Crippen molar-refractivity contribution in [3.8, 4) is 0 Å². The highest BCUT2D eigenvalue weighted by atomic mass is 15.3. The molecular weight excluding hydrogens is 250 g/mol. The van der Waals surface area contributed by atoms with Crippen LogP contribution in [0.2, 0.25) is 0 Å². The van der Waals surface area contributed by atoms with Crippen molar-refractivity contribution in [2.45, 2.75) is 39.7 Å². The first-order valence-electron chi connectivity index (χ1n) is 7.33. The number of pyridine rings is 1. The van der Waals surface area contributed by atoms with E-state index in [0.717, 1.165) is 25.2 Å². The van der Waals surface area contributed by atoms with Crippen molar-refractivity contribution in [3.63, 3.8) is 0 Å². The van der Waals surface area contributed by atoms with Gasteiger partial charge in [-0.25, -0.2) is 4.52 Å². The monoisotopic (exact) mass is 275 g/mol. The van der Waals surface area contributed by atoms with Gasteiger partial charge in [-0.1, -0.05) is 6.07 Å². The van der Waals surface area contributed by atoms with E-state index < -0.39 is 0 Å². The van der Waals surface area contributed by atoms with Gasteiger partial charge in [-0.05, 0) is 58.8 Å². The minimum Gasteiger partial charge on any atom is -0.353 e. The number of nitrogens with zero attached hydrogens (tertiary/aromatic N) is 4. The Morgan fingerprint density at radius 1 is 1.30 bits per heavy atom. The average Bonchev–Trinajstić information content (AvgIpc) is 2.79. The number of aromatic nitrogens is 3. The van der Waals surface area contributed by atoms with Crippen LogP contribution in [-0.2, 0) is 0 Å². The number of nitrogens with one attached hydrogen (secondary N) is 1. The first-order valence-corrected chi connectivity index (χ1v) is 7.33. The van der Waals surface area contributed by atoms with Gasteiger partial charge in [0.05, 0.1) is 0 Å². The van der Waals surface area contributed by atoms with Gasteiger partial charge in [-0.2, -0.15) is 4.98 Å². The summed E-state index contributed by atoms with van der Waals surface area (Å²) >= 11 is 0. The highest BCUT2D eigenvalue weighted by Crippen LogP contribution is 2.07. The maximum atomic E-state index is 4.45. The van der Waals surface area contributed by atoms with E-state index in [9.17, 15) is 0 Å². The van der Waals surface area contributed by atoms with E-state index in [0.29, 0.717) is 12.0 Å². The fourth-order valence-corrected chi connectivity index (χ4v) is 2.01. The van der Waals surface area contributed by atoms with Crippen molar-refractivity contribution in [1.82, 2.24) is 19.5 Å². The SMILES string of the molecule is Cc1ccc2nc(NCCCCN(C)C(C)C)nn2c1. The average molecular weight is 275 g/mol. The molecule has 0 amide bonds. The standard InChI is InChI=1S/C15H25N5/c1-12(2)19(4)10-6-5-9-16-15-17-14-8-7-13(3)11-20(14)18-15/h7-8,11-12H,5-6,9-10H2,1-4H3,(H,16,18). The van der Waals surface area contributed by atoms with E-state index in [2.05, 4.69) is 54.2 Å². The van der Waals surface area contributed by atoms with Gasteiger partial charge in [0.2, 0.25) is 5.95 Å². The number of unbranched alkanes of at least 4 members (excludes halogenated alkanes) is 1. The topological polar surface area (TPSA) is 45.5 Å². The summed E-state index contributed by atoms with van der Waals surface area (Å²) in [6.07, 6.45) is 4.31. The van der Waals surface area contributed by atoms with E-state index in [1.54, 1.807) is 0 Å². The zero-order chi connectivity index (χ0) is 14.5. The molecule has 110 valence electrons. The van der Waals surface area contributed by atoms with Crippen molar-refractivity contribution in [1.29, 1.82) is 0 Å². The highest BCUT2D eigenvalue weighted by Gasteiger charge is 2.04. The second kappa shape index (κ2) is 6.70. The summed E-state index contributed by atoms with van der Waals surface area (Å²) in [5.74, 6) is 0.716. The van der Waals surface area contributed by atoms with Gasteiger partial charge in [0.15, 0.2) is 5.65 Å². The highest BCUT2D eigenvalue weighted by molar-refractivity contribution is 5.43. The molecular formula is C15H25N5. The zero-order valence-corrected chi connectivity index (χ0v) is 12.9. The molecule has 2 rings (SSSR count). The molecule has 5 nitrogen and oxygen atoms in total. The van der Waals surface area contributed by atoms with Crippen LogP contribution in [0, 0.1) is 6.92 Å². The lowest BCUT2D eigenvalue weighted by Gasteiger charge is -2.20. The lowest BCUT2D eigenvalue weighted by molar-refractivity contribution is 0.269. The summed E-state index contributed by atoms with van der Waals surface area (Å²) < 4.78 is 1.82. The molecule has 2 aromatic rings. The minimum absolute atomic E-state index is 0.617. The van der Waals surface area contributed by atoms with Crippen molar-refractivity contribution in [2.24, 2.45) is 0 Å². The Morgan fingerprint density at radius 2 is 2.10 bits per heavy atom. The number of hydrogen-bond donors (Lipinski definition) is 1. The van der Waals surface area contributed by atoms with E-state index in [1.165, 1.54) is 12.0 Å². The normalized spacial score (nSPS) is 11.7. The lowest BCUT2D eigenvalue weighted by atomic mass is 10.2. The summed E-state index contributed by atoms with van der Waals surface area (Å²) in [6.45, 7) is 8.56. The summed E-state index contributed by atoms with van der Waals surface area (Å²) in [5.41, 5.74) is 2.07. The van der Waals surface area contributed by atoms with Crippen LogP contribution in [0.3, 0.4) is 0 Å². The van der Waals surface area contributed by atoms with E-state index >= 15 is 0 Å². The third-order valence-corrected chi connectivity index (χ3v) is 3.58. The molecule has 0 saturated heterocycles. The van der Waals surface area contributed by atoms with Crippen LogP contribution in [0.15, 0.2) is 18.3 Å². The third-order valence-electron chi connectivity index (χ3n) is 3.58. The van der Waals surface area contributed by atoms with Crippen LogP contribution < -0.4 is 5.32 Å². The molecule has 0 radical (unpaired) electrons. The van der Waals surface area contributed by atoms with Crippen LogP contribution in [0.25, 0.3) is 5.65 Å². The summed E-state index contributed by atoms with van der Waals surface area (Å²) in [6, 6.07) is 4.66. The quantitative estimate of drug-likeness (QED) is 0.789. The molecule has 0 unspecified atom stereocenters. The van der Waals surface area contributed by atoms with Crippen molar-refractivity contribution in [3.05, 3.63) is 23.9 Å². The Balaban J connectivity index is 1.76. The van der Waals surface area contributed by atoms with Crippen LogP contribution in [0.4, 0.5) is 5.95 Å². The number of aryl methyl sites for hydroxylation is 1. The van der Waals surface area contributed by atoms with Gasteiger partial charge in [-0.3, -0.25) is 0 Å². The van der Waals surface area contributed by atoms with E-state index in [-0.39, 0.29) is 0 Å². The second-order valence-electron chi connectivity index (χ2n) is 5.65. The second-order valence-corrected chi connectivity index (χ2v) is 5.65. The number of anilines is 1. The van der Waals surface area contributed by atoms with Crippen LogP contribution in [-0.4, -0.2) is 45.7 Å². The summed E-state index contributed by atoms with van der Waals surface area (Å²) in [5, 5.41) is 7.71. The zero-order valence-electron chi connectivity index (χ0n) is 12.9. The molecule has 0 aromatic carbocycles. The molecule has 0 aliphatic carbocycles. The maximum Gasteiger partial charge on any atom is 0.243 e. The van der Waals surface area contributed by atoms with Gasteiger partial charge in [-0.15, -0.1) is 5.10 Å². The Hall–Kier alpha value is -1.62. The molecule has 0 atom stereocenters. The molecule has 0 aliphatic rings. The van der Waals surface area contributed by atoms with Crippen molar-refractivity contribution >= 4 is 11.6 Å². The van der Waals surface area contributed by atoms with Gasteiger partial charge in [0.1, 0.15) is 0 Å². The molecule has 0 bridgehead atoms. The Kier molecular flexibility index (Phi) is 4.95. The first kappa shape index (κ1) is 14.8. The van der Waals surface area contributed by atoms with Crippen LogP contribution in [0.1, 0.15) is 32.3 Å². The van der Waals surface area contributed by atoms with Crippen molar-refractivity contribution in [2.75, 3.05) is 25.5 Å². The molecule has 2 aromatic heterocycles. The number of rotatable bonds is 7. The van der Waals surface area contributed by atoms with Gasteiger partial charge < -0.3 is 10.2 Å². The van der Waals surface area contributed by atoms with Gasteiger partial charge in [0.25, 0.3) is 0 Å². The van der Waals surface area contributed by atoms with Crippen LogP contribution >= 0.6 is 0 Å². The Labute approximate surface area is 121 Å². The van der Waals surface area contributed by atoms with Crippen LogP contribution in [0.5, 0.6) is 0 Å². The molecule has 0 saturated carbocycles. The maximum absolute atomic E-state index is 4.45. The van der Waals surface area contributed by atoms with Gasteiger partial charge >= 0.3 is 0 Å². The molecule has 0 aliphatic heterocycles. The van der Waals surface area contributed by atoms with Crippen molar-refractivity contribution < 1.29 is 0 Å². The first-order chi connectivity index (χ1) is 9.56. The molecule has 0 fully saturated rings. The largest absolute Gasteiger partial charge is 0.353 e. The molecule has 20 heavy (non-hydrogen) atoms. The van der Waals surface area contributed by atoms with E-state index in [4.69, 9.17) is 0 Å². The summed E-state index contributed by atoms with van der Waals surface area (Å²) in [7, 11) is 2.17. The molecule has 0 spiro atoms. The number of hydrogen-bond acceptors (Lipinski definition) is 4. The predicted octanol–water partition coefficient (Wildman–Crippen LogP) is 2.57. The smallest absolute Gasteiger partial charge is 0.243 e. The fraction of sp³-hybridized carbons (Fsp3) is 0.600. The fourth-order valence-electron chi connectivity index (χ4n) is 2.01. The number of fused-ring (bicyclic) bond motifs is 1. The van der Waals surface area contributed by atoms with E-state index in [1.807, 2.05) is 16.8 Å². The molecule has 1 N–H and O–H groups in total.